The molecule has 1 heterocycles. The Kier molecular flexibility index (Phi) is 8.01. The average molecular weight is 437 g/mol. The molecule has 0 aliphatic rings. The molecule has 0 aliphatic heterocycles. The van der Waals surface area contributed by atoms with Crippen LogP contribution in [0.4, 0.5) is 4.39 Å². The van der Waals surface area contributed by atoms with Crippen LogP contribution in [0.15, 0.2) is 48.8 Å². The third-order valence-corrected chi connectivity index (χ3v) is 5.81. The average Bonchev–Trinajstić information content (AvgIpc) is 2.71. The number of nitrogens with one attached hydrogen (secondary N) is 1. The number of nitrogens with zero attached hydrogens (tertiary/aromatic N) is 3. The smallest absolute Gasteiger partial charge is 0.242 e. The van der Waals surface area contributed by atoms with Crippen LogP contribution in [-0.4, -0.2) is 60.3 Å². The lowest BCUT2D eigenvalue weighted by Crippen LogP contribution is -2.50. The van der Waals surface area contributed by atoms with Crippen LogP contribution in [0.25, 0.3) is 0 Å². The molecule has 10 heteroatoms. The highest BCUT2D eigenvalue weighted by molar-refractivity contribution is 7.88. The lowest BCUT2D eigenvalue weighted by atomic mass is 10.1. The van der Waals surface area contributed by atoms with Crippen LogP contribution in [0.1, 0.15) is 18.1 Å². The second kappa shape index (κ2) is 10.3. The molecule has 0 spiro atoms. The fraction of sp³-hybridized carbons (Fsp3) is 0.350. The Morgan fingerprint density at radius 3 is 2.40 bits per heavy atom. The molecule has 1 aromatic carbocycles. The van der Waals surface area contributed by atoms with Gasteiger partial charge in [-0.3, -0.25) is 14.6 Å². The summed E-state index contributed by atoms with van der Waals surface area (Å²) in [7, 11) is -2.29. The van der Waals surface area contributed by atoms with E-state index in [4.69, 9.17) is 0 Å². The largest absolute Gasteiger partial charge is 0.350 e. The third-order valence-electron chi connectivity index (χ3n) is 4.55. The Labute approximate surface area is 175 Å². The maximum absolute atomic E-state index is 13.2. The van der Waals surface area contributed by atoms with Crippen molar-refractivity contribution in [1.82, 2.24) is 19.5 Å². The van der Waals surface area contributed by atoms with Crippen molar-refractivity contribution in [3.05, 3.63) is 65.7 Å². The Hall–Kier alpha value is -2.85. The molecule has 8 nitrogen and oxygen atoms in total. The summed E-state index contributed by atoms with van der Waals surface area (Å²) in [5.41, 5.74) is 1.41. The summed E-state index contributed by atoms with van der Waals surface area (Å²) in [6.07, 6.45) is 4.23. The molecule has 0 unspecified atom stereocenters. The van der Waals surface area contributed by atoms with Crippen molar-refractivity contribution >= 4 is 21.8 Å². The number of carbonyl (C=O) groups is 2. The van der Waals surface area contributed by atoms with E-state index in [0.717, 1.165) is 16.1 Å². The van der Waals surface area contributed by atoms with Crippen LogP contribution < -0.4 is 5.32 Å². The molecular weight excluding hydrogens is 411 g/mol. The molecule has 1 atom stereocenters. The fourth-order valence-corrected chi connectivity index (χ4v) is 2.95. The first-order valence-corrected chi connectivity index (χ1v) is 11.0. The molecule has 0 saturated carbocycles. The highest BCUT2D eigenvalue weighted by Gasteiger charge is 2.28. The van der Waals surface area contributed by atoms with Gasteiger partial charge in [0.15, 0.2) is 0 Å². The highest BCUT2D eigenvalue weighted by Crippen LogP contribution is 2.12. The maximum atomic E-state index is 13.2. The van der Waals surface area contributed by atoms with Gasteiger partial charge in [0.25, 0.3) is 0 Å². The molecule has 0 radical (unpaired) electrons. The molecule has 2 aromatic rings. The lowest BCUT2D eigenvalue weighted by Gasteiger charge is -2.30. The SMILES string of the molecule is C[C@H](C(=O)NCc1cccnc1)N(Cc1ccc(F)cc1)C(=O)CN(C)S(C)(=O)=O. The first-order chi connectivity index (χ1) is 14.1. The summed E-state index contributed by atoms with van der Waals surface area (Å²) >= 11 is 0. The molecule has 1 aromatic heterocycles. The predicted molar refractivity (Wildman–Crippen MR) is 110 cm³/mol. The monoisotopic (exact) mass is 436 g/mol. The second-order valence-corrected chi connectivity index (χ2v) is 9.01. The van der Waals surface area contributed by atoms with E-state index in [0.29, 0.717) is 5.56 Å². The zero-order valence-corrected chi connectivity index (χ0v) is 17.9. The molecular formula is C20H25FN4O4S. The number of hydrogen-bond acceptors (Lipinski definition) is 5. The Morgan fingerprint density at radius 1 is 1.17 bits per heavy atom. The van der Waals surface area contributed by atoms with Gasteiger partial charge in [-0.2, -0.15) is 4.31 Å². The molecule has 0 saturated heterocycles. The van der Waals surface area contributed by atoms with E-state index in [1.165, 1.54) is 36.2 Å². The van der Waals surface area contributed by atoms with Crippen molar-refractivity contribution in [2.24, 2.45) is 0 Å². The van der Waals surface area contributed by atoms with E-state index in [-0.39, 0.29) is 13.1 Å². The van der Waals surface area contributed by atoms with E-state index in [2.05, 4.69) is 10.3 Å². The van der Waals surface area contributed by atoms with E-state index in [1.54, 1.807) is 31.5 Å². The van der Waals surface area contributed by atoms with Gasteiger partial charge < -0.3 is 10.2 Å². The van der Waals surface area contributed by atoms with Crippen LogP contribution in [0.2, 0.25) is 0 Å². The molecule has 162 valence electrons. The molecule has 0 bridgehead atoms. The van der Waals surface area contributed by atoms with Gasteiger partial charge in [-0.15, -0.1) is 0 Å². The highest BCUT2D eigenvalue weighted by atomic mass is 32.2. The number of sulfonamides is 1. The Balaban J connectivity index is 2.16. The summed E-state index contributed by atoms with van der Waals surface area (Å²) in [4.78, 5) is 30.8. The van der Waals surface area contributed by atoms with Crippen molar-refractivity contribution in [2.45, 2.75) is 26.1 Å². The number of likely N-dealkylation sites (N-methyl/N-ethyl adjacent to an activating group) is 1. The maximum Gasteiger partial charge on any atom is 0.242 e. The molecule has 30 heavy (non-hydrogen) atoms. The Bertz CT molecular complexity index is 968. The Morgan fingerprint density at radius 2 is 1.83 bits per heavy atom. The normalized spacial score (nSPS) is 12.4. The number of hydrogen-bond donors (Lipinski definition) is 1. The third kappa shape index (κ3) is 6.89. The standard InChI is InChI=1S/C20H25FN4O4S/c1-15(20(27)23-12-17-5-4-10-22-11-17)25(13-16-6-8-18(21)9-7-16)19(26)14-24(2)30(3,28)29/h4-11,15H,12-14H2,1-3H3,(H,23,27)/t15-/m1/s1. The van der Waals surface area contributed by atoms with E-state index in [1.807, 2.05) is 0 Å². The minimum Gasteiger partial charge on any atom is -0.350 e. The predicted octanol–water partition coefficient (Wildman–Crippen LogP) is 1.15. The topological polar surface area (TPSA) is 99.7 Å². The van der Waals surface area contributed by atoms with Crippen LogP contribution in [-0.2, 0) is 32.7 Å². The number of amides is 2. The molecule has 1 N–H and O–H groups in total. The van der Waals surface area contributed by atoms with Gasteiger partial charge in [0, 0.05) is 32.5 Å². The minimum atomic E-state index is -3.57. The van der Waals surface area contributed by atoms with Gasteiger partial charge in [-0.25, -0.2) is 12.8 Å². The summed E-state index contributed by atoms with van der Waals surface area (Å²) in [6.45, 7) is 1.40. The zero-order chi connectivity index (χ0) is 22.3. The molecule has 0 aliphatic carbocycles. The zero-order valence-electron chi connectivity index (χ0n) is 17.1. The number of pyridine rings is 1. The first-order valence-electron chi connectivity index (χ1n) is 9.19. The quantitative estimate of drug-likeness (QED) is 0.636. The molecule has 0 fully saturated rings. The van der Waals surface area contributed by atoms with Gasteiger partial charge in [0.1, 0.15) is 11.9 Å². The van der Waals surface area contributed by atoms with E-state index in [9.17, 15) is 22.4 Å². The van der Waals surface area contributed by atoms with Gasteiger partial charge >= 0.3 is 0 Å². The van der Waals surface area contributed by atoms with Crippen LogP contribution >= 0.6 is 0 Å². The van der Waals surface area contributed by atoms with Gasteiger partial charge in [-0.1, -0.05) is 18.2 Å². The van der Waals surface area contributed by atoms with Crippen LogP contribution in [0.3, 0.4) is 0 Å². The summed E-state index contributed by atoms with van der Waals surface area (Å²) in [5.74, 6) is -1.37. The van der Waals surface area contributed by atoms with Crippen LogP contribution in [0, 0.1) is 5.82 Å². The van der Waals surface area contributed by atoms with Gasteiger partial charge in [-0.05, 0) is 36.2 Å². The van der Waals surface area contributed by atoms with Crippen molar-refractivity contribution in [3.63, 3.8) is 0 Å². The van der Waals surface area contributed by atoms with Gasteiger partial charge in [0.05, 0.1) is 12.8 Å². The fourth-order valence-electron chi connectivity index (χ4n) is 2.61. The number of rotatable bonds is 9. The number of halogens is 1. The number of carbonyl (C=O) groups excluding carboxylic acids is 2. The molecule has 2 amide bonds. The number of aromatic nitrogens is 1. The van der Waals surface area contributed by atoms with Crippen LogP contribution in [0.5, 0.6) is 0 Å². The first kappa shape index (κ1) is 23.4. The minimum absolute atomic E-state index is 0.0260. The number of benzene rings is 1. The summed E-state index contributed by atoms with van der Waals surface area (Å²) in [6, 6.07) is 8.21. The van der Waals surface area contributed by atoms with Crippen molar-refractivity contribution in [2.75, 3.05) is 19.8 Å². The van der Waals surface area contributed by atoms with E-state index < -0.39 is 40.2 Å². The van der Waals surface area contributed by atoms with Gasteiger partial charge in [0.2, 0.25) is 21.8 Å². The lowest BCUT2D eigenvalue weighted by molar-refractivity contribution is -0.140. The summed E-state index contributed by atoms with van der Waals surface area (Å²) in [5, 5.41) is 2.75. The van der Waals surface area contributed by atoms with E-state index >= 15 is 0 Å². The second-order valence-electron chi connectivity index (χ2n) is 6.92. The van der Waals surface area contributed by atoms with Crippen molar-refractivity contribution in [1.29, 1.82) is 0 Å². The van der Waals surface area contributed by atoms with Crippen molar-refractivity contribution in [3.8, 4) is 0 Å². The van der Waals surface area contributed by atoms with Crippen molar-refractivity contribution < 1.29 is 22.4 Å². The summed E-state index contributed by atoms with van der Waals surface area (Å²) < 4.78 is 37.5. The molecule has 2 rings (SSSR count).